The van der Waals surface area contributed by atoms with E-state index in [0.717, 1.165) is 57.9 Å². The molecule has 0 aliphatic carbocycles. The maximum Gasteiger partial charge on any atom is 0.0828 e. The first-order valence-corrected chi connectivity index (χ1v) is 9.11. The molecule has 2 aromatic rings. The molecule has 1 aromatic carbocycles. The summed E-state index contributed by atoms with van der Waals surface area (Å²) in [6.45, 7) is 5.87. The van der Waals surface area contributed by atoms with Crippen LogP contribution in [0.5, 0.6) is 0 Å². The molecule has 3 rings (SSSR count). The first-order valence-electron chi connectivity index (χ1n) is 9.11. The highest BCUT2D eigenvalue weighted by Gasteiger charge is 2.20. The predicted octanol–water partition coefficient (Wildman–Crippen LogP) is 2.24. The molecule has 0 bridgehead atoms. The topological polar surface area (TPSA) is 41.5 Å². The van der Waals surface area contributed by atoms with Crippen LogP contribution in [0.15, 0.2) is 48.9 Å². The second-order valence-electron chi connectivity index (χ2n) is 6.78. The highest BCUT2D eigenvalue weighted by Crippen LogP contribution is 2.11. The summed E-state index contributed by atoms with van der Waals surface area (Å²) in [6.07, 6.45) is 7.60. The van der Waals surface area contributed by atoms with Gasteiger partial charge in [0.2, 0.25) is 0 Å². The molecule has 25 heavy (non-hydrogen) atoms. The van der Waals surface area contributed by atoms with Crippen molar-refractivity contribution in [3.63, 3.8) is 0 Å². The first kappa shape index (κ1) is 18.0. The fraction of sp³-hybridized carbons (Fsp3) is 0.500. The van der Waals surface area contributed by atoms with Crippen molar-refractivity contribution in [1.82, 2.24) is 19.8 Å². The Hall–Kier alpha value is -1.82. The summed E-state index contributed by atoms with van der Waals surface area (Å²) < 4.78 is 6.08. The van der Waals surface area contributed by atoms with Crippen LogP contribution in [0, 0.1) is 0 Å². The number of rotatable bonds is 7. The Morgan fingerprint density at radius 1 is 1.24 bits per heavy atom. The van der Waals surface area contributed by atoms with Gasteiger partial charge in [-0.2, -0.15) is 0 Å². The molecule has 2 heterocycles. The van der Waals surface area contributed by atoms with E-state index in [1.54, 1.807) is 12.4 Å². The largest absolute Gasteiger partial charge is 0.376 e. The Morgan fingerprint density at radius 3 is 2.92 bits per heavy atom. The molecule has 1 aliphatic heterocycles. The van der Waals surface area contributed by atoms with Crippen LogP contribution in [0.3, 0.4) is 0 Å². The van der Waals surface area contributed by atoms with Gasteiger partial charge in [0.1, 0.15) is 0 Å². The van der Waals surface area contributed by atoms with E-state index in [1.807, 2.05) is 6.20 Å². The molecule has 5 heteroatoms. The molecule has 5 nitrogen and oxygen atoms in total. The molecule has 0 N–H and O–H groups in total. The standard InChI is InChI=1S/C20H28N4O/c1-23(12-8-19-14-21-9-10-22-19)16-20-17-24(11-5-13-25-20)15-18-6-3-2-4-7-18/h2-4,6-7,9-10,14,20H,5,8,11-13,15-17H2,1H3/t20-/m1/s1. The number of ether oxygens (including phenoxy) is 1. The molecule has 1 saturated heterocycles. The minimum Gasteiger partial charge on any atom is -0.376 e. The second-order valence-corrected chi connectivity index (χ2v) is 6.78. The SMILES string of the molecule is CN(CCc1cnccn1)C[C@@H]1CN(Cc2ccccc2)CCCO1. The summed E-state index contributed by atoms with van der Waals surface area (Å²) in [5.74, 6) is 0. The van der Waals surface area contributed by atoms with E-state index in [2.05, 4.69) is 57.1 Å². The van der Waals surface area contributed by atoms with Crippen LogP contribution >= 0.6 is 0 Å². The summed E-state index contributed by atoms with van der Waals surface area (Å²) in [5, 5.41) is 0. The predicted molar refractivity (Wildman–Crippen MR) is 99.3 cm³/mol. The number of likely N-dealkylation sites (N-methyl/N-ethyl adjacent to an activating group) is 1. The van der Waals surface area contributed by atoms with Crippen molar-refractivity contribution in [2.45, 2.75) is 25.5 Å². The maximum absolute atomic E-state index is 6.08. The van der Waals surface area contributed by atoms with E-state index in [0.29, 0.717) is 0 Å². The van der Waals surface area contributed by atoms with Gasteiger partial charge >= 0.3 is 0 Å². The number of nitrogens with zero attached hydrogens (tertiary/aromatic N) is 4. The Kier molecular flexibility index (Phi) is 6.91. The molecule has 0 saturated carbocycles. The van der Waals surface area contributed by atoms with Gasteiger partial charge in [-0.15, -0.1) is 0 Å². The molecule has 0 spiro atoms. The van der Waals surface area contributed by atoms with Crippen LogP contribution in [0.1, 0.15) is 17.7 Å². The maximum atomic E-state index is 6.08. The molecule has 1 aliphatic rings. The lowest BCUT2D eigenvalue weighted by molar-refractivity contribution is 0.0314. The van der Waals surface area contributed by atoms with E-state index in [9.17, 15) is 0 Å². The number of benzene rings is 1. The number of hydrogen-bond acceptors (Lipinski definition) is 5. The van der Waals surface area contributed by atoms with Crippen LogP contribution in [-0.4, -0.2) is 65.7 Å². The van der Waals surface area contributed by atoms with Gasteiger partial charge < -0.3 is 9.64 Å². The van der Waals surface area contributed by atoms with Gasteiger partial charge in [0, 0.05) is 64.3 Å². The average molecular weight is 340 g/mol. The fourth-order valence-corrected chi connectivity index (χ4v) is 3.27. The molecule has 1 aromatic heterocycles. The quantitative estimate of drug-likeness (QED) is 0.773. The Balaban J connectivity index is 1.47. The van der Waals surface area contributed by atoms with E-state index in [-0.39, 0.29) is 6.10 Å². The van der Waals surface area contributed by atoms with Crippen molar-refractivity contribution >= 4 is 0 Å². The van der Waals surface area contributed by atoms with Gasteiger partial charge in [-0.05, 0) is 19.0 Å². The highest BCUT2D eigenvalue weighted by atomic mass is 16.5. The summed E-state index contributed by atoms with van der Waals surface area (Å²) in [7, 11) is 2.16. The molecular formula is C20H28N4O. The van der Waals surface area contributed by atoms with Gasteiger partial charge in [0.15, 0.2) is 0 Å². The van der Waals surface area contributed by atoms with Crippen molar-refractivity contribution in [1.29, 1.82) is 0 Å². The van der Waals surface area contributed by atoms with E-state index in [1.165, 1.54) is 5.56 Å². The number of hydrogen-bond donors (Lipinski definition) is 0. The summed E-state index contributed by atoms with van der Waals surface area (Å²) >= 11 is 0. The minimum absolute atomic E-state index is 0.262. The molecule has 134 valence electrons. The van der Waals surface area contributed by atoms with E-state index >= 15 is 0 Å². The Morgan fingerprint density at radius 2 is 2.12 bits per heavy atom. The van der Waals surface area contributed by atoms with Crippen molar-refractivity contribution in [3.8, 4) is 0 Å². The van der Waals surface area contributed by atoms with E-state index in [4.69, 9.17) is 4.74 Å². The first-order chi connectivity index (χ1) is 12.3. The Bertz CT molecular complexity index is 608. The van der Waals surface area contributed by atoms with Gasteiger partial charge in [-0.25, -0.2) is 0 Å². The summed E-state index contributed by atoms with van der Waals surface area (Å²) in [4.78, 5) is 13.3. The lowest BCUT2D eigenvalue weighted by Crippen LogP contribution is -2.39. The van der Waals surface area contributed by atoms with Crippen molar-refractivity contribution < 1.29 is 4.74 Å². The number of aromatic nitrogens is 2. The molecule has 0 amide bonds. The van der Waals surface area contributed by atoms with Crippen LogP contribution in [0.4, 0.5) is 0 Å². The molecule has 1 fully saturated rings. The lowest BCUT2D eigenvalue weighted by atomic mass is 10.2. The van der Waals surface area contributed by atoms with Crippen molar-refractivity contribution in [3.05, 3.63) is 60.2 Å². The fourth-order valence-electron chi connectivity index (χ4n) is 3.27. The highest BCUT2D eigenvalue weighted by molar-refractivity contribution is 5.14. The summed E-state index contributed by atoms with van der Waals surface area (Å²) in [5.41, 5.74) is 2.42. The third kappa shape index (κ3) is 6.20. The molecular weight excluding hydrogens is 312 g/mol. The second kappa shape index (κ2) is 9.61. The van der Waals surface area contributed by atoms with Crippen LogP contribution < -0.4 is 0 Å². The van der Waals surface area contributed by atoms with Gasteiger partial charge in [-0.3, -0.25) is 14.9 Å². The Labute approximate surface area is 150 Å². The van der Waals surface area contributed by atoms with Crippen LogP contribution in [0.25, 0.3) is 0 Å². The van der Waals surface area contributed by atoms with Crippen LogP contribution in [-0.2, 0) is 17.7 Å². The average Bonchev–Trinajstić information content (AvgIpc) is 2.86. The van der Waals surface area contributed by atoms with Gasteiger partial charge in [0.05, 0.1) is 11.8 Å². The minimum atomic E-state index is 0.262. The van der Waals surface area contributed by atoms with Gasteiger partial charge in [-0.1, -0.05) is 30.3 Å². The molecule has 0 unspecified atom stereocenters. The zero-order valence-corrected chi connectivity index (χ0v) is 15.1. The lowest BCUT2D eigenvalue weighted by Gasteiger charge is -2.27. The zero-order chi connectivity index (χ0) is 17.3. The molecule has 1 atom stereocenters. The smallest absolute Gasteiger partial charge is 0.0828 e. The zero-order valence-electron chi connectivity index (χ0n) is 15.1. The van der Waals surface area contributed by atoms with Gasteiger partial charge in [0.25, 0.3) is 0 Å². The third-order valence-corrected chi connectivity index (χ3v) is 4.56. The van der Waals surface area contributed by atoms with E-state index < -0.39 is 0 Å². The van der Waals surface area contributed by atoms with Crippen LogP contribution in [0.2, 0.25) is 0 Å². The third-order valence-electron chi connectivity index (χ3n) is 4.56. The van der Waals surface area contributed by atoms with Crippen molar-refractivity contribution in [2.75, 3.05) is 39.8 Å². The summed E-state index contributed by atoms with van der Waals surface area (Å²) in [6, 6.07) is 10.7. The normalized spacial score (nSPS) is 19.0. The molecule has 0 radical (unpaired) electrons. The monoisotopic (exact) mass is 340 g/mol. The van der Waals surface area contributed by atoms with Crippen molar-refractivity contribution in [2.24, 2.45) is 0 Å².